The van der Waals surface area contributed by atoms with Gasteiger partial charge in [-0.15, -0.1) is 10.2 Å². The number of carbonyl (C=O) groups is 2. The van der Waals surface area contributed by atoms with Crippen LogP contribution in [-0.4, -0.2) is 27.2 Å². The third-order valence-electron chi connectivity index (χ3n) is 3.22. The highest BCUT2D eigenvalue weighted by Gasteiger charge is 2.10. The van der Waals surface area contributed by atoms with Gasteiger partial charge in [-0.1, -0.05) is 11.2 Å². The van der Waals surface area contributed by atoms with E-state index in [0.717, 1.165) is 0 Å². The number of aryl methyl sites for hydroxylation is 1. The Labute approximate surface area is 148 Å². The summed E-state index contributed by atoms with van der Waals surface area (Å²) < 4.78 is 4.95. The number of hydrogen-bond acceptors (Lipinski definition) is 7. The van der Waals surface area contributed by atoms with Crippen molar-refractivity contribution in [3.8, 4) is 0 Å². The molecule has 0 saturated heterocycles. The highest BCUT2D eigenvalue weighted by Crippen LogP contribution is 2.17. The van der Waals surface area contributed by atoms with Crippen molar-refractivity contribution in [2.45, 2.75) is 13.8 Å². The molecule has 9 heteroatoms. The van der Waals surface area contributed by atoms with Gasteiger partial charge in [0.1, 0.15) is 5.76 Å². The molecule has 2 aromatic heterocycles. The highest BCUT2D eigenvalue weighted by molar-refractivity contribution is 6.03. The fourth-order valence-corrected chi connectivity index (χ4v) is 2.15. The van der Waals surface area contributed by atoms with Crippen LogP contribution in [0.5, 0.6) is 0 Å². The van der Waals surface area contributed by atoms with Crippen molar-refractivity contribution >= 4 is 34.8 Å². The minimum absolute atomic E-state index is 0.150. The molecule has 2 heterocycles. The quantitative estimate of drug-likeness (QED) is 0.645. The van der Waals surface area contributed by atoms with E-state index in [2.05, 4.69) is 31.3 Å². The van der Waals surface area contributed by atoms with E-state index in [4.69, 9.17) is 4.52 Å². The minimum atomic E-state index is -0.415. The van der Waals surface area contributed by atoms with E-state index in [1.54, 1.807) is 43.3 Å². The van der Waals surface area contributed by atoms with Gasteiger partial charge < -0.3 is 20.5 Å². The Balaban J connectivity index is 1.65. The number of hydrogen-bond donors (Lipinski definition) is 3. The molecule has 0 aliphatic rings. The standard InChI is InChI=1S/C17H16N6O3/c1-10-8-16(23-26-10)20-15-7-6-14(21-22-15)17(25)19-13-5-3-4-12(9-13)18-11(2)24/h3-9H,1-2H3,(H,18,24)(H,19,25)(H,20,22,23). The van der Waals surface area contributed by atoms with Crippen molar-refractivity contribution in [2.75, 3.05) is 16.0 Å². The van der Waals surface area contributed by atoms with E-state index in [1.807, 2.05) is 0 Å². The van der Waals surface area contributed by atoms with Crippen molar-refractivity contribution in [3.05, 3.63) is 53.9 Å². The zero-order valence-electron chi connectivity index (χ0n) is 14.1. The van der Waals surface area contributed by atoms with Gasteiger partial charge in [-0.25, -0.2) is 0 Å². The molecule has 0 bridgehead atoms. The third-order valence-corrected chi connectivity index (χ3v) is 3.22. The number of amides is 2. The lowest BCUT2D eigenvalue weighted by Crippen LogP contribution is -2.15. The van der Waals surface area contributed by atoms with Crippen LogP contribution in [0.25, 0.3) is 0 Å². The summed E-state index contributed by atoms with van der Waals surface area (Å²) in [6.45, 7) is 3.19. The average molecular weight is 352 g/mol. The van der Waals surface area contributed by atoms with Crippen LogP contribution >= 0.6 is 0 Å². The lowest BCUT2D eigenvalue weighted by atomic mass is 10.2. The number of aromatic nitrogens is 3. The summed E-state index contributed by atoms with van der Waals surface area (Å²) in [5.74, 6) is 0.996. The molecule has 2 amide bonds. The molecule has 132 valence electrons. The Morgan fingerprint density at radius 2 is 1.73 bits per heavy atom. The van der Waals surface area contributed by atoms with Crippen molar-refractivity contribution in [3.63, 3.8) is 0 Å². The number of nitrogens with zero attached hydrogens (tertiary/aromatic N) is 3. The normalized spacial score (nSPS) is 10.2. The van der Waals surface area contributed by atoms with E-state index in [1.165, 1.54) is 13.0 Å². The Hall–Kier alpha value is -3.75. The number of rotatable bonds is 5. The minimum Gasteiger partial charge on any atom is -0.360 e. The summed E-state index contributed by atoms with van der Waals surface area (Å²) in [5, 5.41) is 19.9. The molecule has 1 aromatic carbocycles. The Morgan fingerprint density at radius 1 is 0.962 bits per heavy atom. The van der Waals surface area contributed by atoms with Crippen LogP contribution in [0.3, 0.4) is 0 Å². The number of benzene rings is 1. The van der Waals surface area contributed by atoms with Crippen LogP contribution in [-0.2, 0) is 4.79 Å². The maximum absolute atomic E-state index is 12.3. The first-order chi connectivity index (χ1) is 12.5. The smallest absolute Gasteiger partial charge is 0.276 e. The van der Waals surface area contributed by atoms with Crippen LogP contribution in [0.4, 0.5) is 23.0 Å². The molecule has 0 saturated carbocycles. The predicted octanol–water partition coefficient (Wildman–Crippen LogP) is 2.73. The maximum atomic E-state index is 12.3. The van der Waals surface area contributed by atoms with Crippen molar-refractivity contribution in [1.29, 1.82) is 0 Å². The van der Waals surface area contributed by atoms with E-state index in [0.29, 0.717) is 28.8 Å². The van der Waals surface area contributed by atoms with Gasteiger partial charge in [0.05, 0.1) is 0 Å². The maximum Gasteiger partial charge on any atom is 0.276 e. The average Bonchev–Trinajstić information content (AvgIpc) is 3.00. The van der Waals surface area contributed by atoms with Crippen LogP contribution in [0.15, 0.2) is 47.0 Å². The second-order valence-corrected chi connectivity index (χ2v) is 5.47. The number of carbonyl (C=O) groups excluding carboxylic acids is 2. The Kier molecular flexibility index (Phi) is 4.88. The first kappa shape index (κ1) is 17.1. The van der Waals surface area contributed by atoms with Gasteiger partial charge in [-0.2, -0.15) is 0 Å². The molecule has 0 aliphatic heterocycles. The van der Waals surface area contributed by atoms with Crippen LogP contribution < -0.4 is 16.0 Å². The fraction of sp³-hybridized carbons (Fsp3) is 0.118. The zero-order chi connectivity index (χ0) is 18.5. The number of anilines is 4. The van der Waals surface area contributed by atoms with E-state index >= 15 is 0 Å². The van der Waals surface area contributed by atoms with E-state index in [-0.39, 0.29) is 11.6 Å². The molecular weight excluding hydrogens is 336 g/mol. The molecule has 3 N–H and O–H groups in total. The molecule has 9 nitrogen and oxygen atoms in total. The topological polar surface area (TPSA) is 122 Å². The summed E-state index contributed by atoms with van der Waals surface area (Å²) in [7, 11) is 0. The predicted molar refractivity (Wildman–Crippen MR) is 95.3 cm³/mol. The first-order valence-corrected chi connectivity index (χ1v) is 7.73. The molecule has 0 radical (unpaired) electrons. The molecule has 0 unspecified atom stereocenters. The van der Waals surface area contributed by atoms with Crippen LogP contribution in [0.1, 0.15) is 23.2 Å². The SMILES string of the molecule is CC(=O)Nc1cccc(NC(=O)c2ccc(Nc3cc(C)on3)nn2)c1. The molecule has 0 aliphatic carbocycles. The lowest BCUT2D eigenvalue weighted by Gasteiger charge is -2.07. The first-order valence-electron chi connectivity index (χ1n) is 7.73. The van der Waals surface area contributed by atoms with Gasteiger partial charge >= 0.3 is 0 Å². The third kappa shape index (κ3) is 4.41. The van der Waals surface area contributed by atoms with Gasteiger partial charge in [0, 0.05) is 24.4 Å². The van der Waals surface area contributed by atoms with Gasteiger partial charge in [0.25, 0.3) is 5.91 Å². The van der Waals surface area contributed by atoms with Gasteiger partial charge in [0.15, 0.2) is 17.3 Å². The van der Waals surface area contributed by atoms with Crippen LogP contribution in [0.2, 0.25) is 0 Å². The highest BCUT2D eigenvalue weighted by atomic mass is 16.5. The largest absolute Gasteiger partial charge is 0.360 e. The summed E-state index contributed by atoms with van der Waals surface area (Å²) in [6, 6.07) is 11.7. The molecule has 26 heavy (non-hydrogen) atoms. The molecule has 0 spiro atoms. The molecular formula is C17H16N6O3. The van der Waals surface area contributed by atoms with Crippen molar-refractivity contribution < 1.29 is 14.1 Å². The van der Waals surface area contributed by atoms with Gasteiger partial charge in [-0.05, 0) is 37.3 Å². The Morgan fingerprint density at radius 3 is 2.35 bits per heavy atom. The number of nitrogens with one attached hydrogen (secondary N) is 3. The van der Waals surface area contributed by atoms with Crippen LogP contribution in [0, 0.1) is 6.92 Å². The van der Waals surface area contributed by atoms with E-state index < -0.39 is 5.91 Å². The fourth-order valence-electron chi connectivity index (χ4n) is 2.15. The molecule has 3 aromatic rings. The van der Waals surface area contributed by atoms with E-state index in [9.17, 15) is 9.59 Å². The van der Waals surface area contributed by atoms with Gasteiger partial charge in [0.2, 0.25) is 5.91 Å². The zero-order valence-corrected chi connectivity index (χ0v) is 14.1. The molecule has 3 rings (SSSR count). The Bertz CT molecular complexity index is 936. The second kappa shape index (κ2) is 7.43. The second-order valence-electron chi connectivity index (χ2n) is 5.47. The molecule has 0 atom stereocenters. The summed E-state index contributed by atoms with van der Waals surface area (Å²) in [4.78, 5) is 23.4. The monoisotopic (exact) mass is 352 g/mol. The van der Waals surface area contributed by atoms with Crippen molar-refractivity contribution in [1.82, 2.24) is 15.4 Å². The summed E-state index contributed by atoms with van der Waals surface area (Å²) >= 11 is 0. The lowest BCUT2D eigenvalue weighted by molar-refractivity contribution is -0.114. The summed E-state index contributed by atoms with van der Waals surface area (Å²) in [6.07, 6.45) is 0. The van der Waals surface area contributed by atoms with Gasteiger partial charge in [-0.3, -0.25) is 9.59 Å². The van der Waals surface area contributed by atoms with Crippen molar-refractivity contribution in [2.24, 2.45) is 0 Å². The molecule has 0 fully saturated rings. The summed E-state index contributed by atoms with van der Waals surface area (Å²) in [5.41, 5.74) is 1.27.